The topological polar surface area (TPSA) is 101 Å². The number of carboxylic acid groups (broad SMARTS) is 2. The average molecular weight is 161 g/mol. The van der Waals surface area contributed by atoms with Crippen LogP contribution in [0.1, 0.15) is 13.3 Å². The van der Waals surface area contributed by atoms with E-state index in [2.05, 4.69) is 0 Å². The molecule has 0 saturated carbocycles. The highest BCUT2D eigenvalue weighted by atomic mass is 16.4. The van der Waals surface area contributed by atoms with Gasteiger partial charge in [-0.05, 0) is 5.92 Å². The van der Waals surface area contributed by atoms with E-state index in [0.29, 0.717) is 0 Å². The summed E-state index contributed by atoms with van der Waals surface area (Å²) in [5.74, 6) is -2.74. The molecule has 0 aromatic heterocycles. The van der Waals surface area contributed by atoms with Gasteiger partial charge in [0.05, 0.1) is 0 Å². The van der Waals surface area contributed by atoms with Gasteiger partial charge in [0.2, 0.25) is 0 Å². The Morgan fingerprint density at radius 3 is 2.18 bits per heavy atom. The van der Waals surface area contributed by atoms with Crippen LogP contribution in [0.25, 0.3) is 0 Å². The van der Waals surface area contributed by atoms with Gasteiger partial charge in [0.1, 0.15) is 6.04 Å². The zero-order chi connectivity index (χ0) is 9.02. The lowest BCUT2D eigenvalue weighted by atomic mass is 10.00. The third-order valence-electron chi connectivity index (χ3n) is 1.39. The van der Waals surface area contributed by atoms with E-state index in [1.807, 2.05) is 0 Å². The fourth-order valence-electron chi connectivity index (χ4n) is 0.646. The molecular weight excluding hydrogens is 150 g/mol. The first kappa shape index (κ1) is 9.90. The Balaban J connectivity index is 3.92. The van der Waals surface area contributed by atoms with Gasteiger partial charge in [-0.1, -0.05) is 6.92 Å². The Labute approximate surface area is 63.8 Å². The third kappa shape index (κ3) is 3.57. The third-order valence-corrected chi connectivity index (χ3v) is 1.39. The van der Waals surface area contributed by atoms with Gasteiger partial charge in [-0.15, -0.1) is 0 Å². The molecule has 0 radical (unpaired) electrons. The van der Waals surface area contributed by atoms with Crippen LogP contribution in [0.3, 0.4) is 0 Å². The second-order valence-electron chi connectivity index (χ2n) is 2.44. The fraction of sp³-hybridized carbons (Fsp3) is 0.667. The smallest absolute Gasteiger partial charge is 0.320 e. The Morgan fingerprint density at radius 1 is 1.45 bits per heavy atom. The Morgan fingerprint density at radius 2 is 1.91 bits per heavy atom. The lowest BCUT2D eigenvalue weighted by Gasteiger charge is -2.12. The molecule has 0 aromatic carbocycles. The molecule has 0 aliphatic heterocycles. The number of carbonyl (C=O) groups is 2. The van der Waals surface area contributed by atoms with Crippen LogP contribution in [0.2, 0.25) is 0 Å². The molecule has 0 aliphatic rings. The van der Waals surface area contributed by atoms with E-state index in [1.165, 1.54) is 6.92 Å². The summed E-state index contributed by atoms with van der Waals surface area (Å²) in [5, 5.41) is 16.6. The second kappa shape index (κ2) is 3.92. The van der Waals surface area contributed by atoms with E-state index >= 15 is 0 Å². The molecule has 0 unspecified atom stereocenters. The number of hydrogen-bond acceptors (Lipinski definition) is 3. The van der Waals surface area contributed by atoms with Crippen LogP contribution in [0.5, 0.6) is 0 Å². The van der Waals surface area contributed by atoms with Crippen LogP contribution in [0.4, 0.5) is 0 Å². The van der Waals surface area contributed by atoms with E-state index < -0.39 is 23.9 Å². The van der Waals surface area contributed by atoms with Gasteiger partial charge in [0.25, 0.3) is 0 Å². The predicted molar refractivity (Wildman–Crippen MR) is 37.0 cm³/mol. The summed E-state index contributed by atoms with van der Waals surface area (Å²) >= 11 is 0. The first-order valence-electron chi connectivity index (χ1n) is 3.15. The van der Waals surface area contributed by atoms with Gasteiger partial charge >= 0.3 is 11.9 Å². The van der Waals surface area contributed by atoms with Crippen molar-refractivity contribution in [2.75, 3.05) is 0 Å². The quantitative estimate of drug-likeness (QED) is 0.516. The normalized spacial score (nSPS) is 15.5. The maximum absolute atomic E-state index is 10.2. The van der Waals surface area contributed by atoms with Crippen molar-refractivity contribution < 1.29 is 19.8 Å². The highest BCUT2D eigenvalue weighted by Crippen LogP contribution is 2.05. The summed E-state index contributed by atoms with van der Waals surface area (Å²) < 4.78 is 0. The van der Waals surface area contributed by atoms with E-state index in [9.17, 15) is 9.59 Å². The van der Waals surface area contributed by atoms with E-state index in [1.54, 1.807) is 0 Å². The summed E-state index contributed by atoms with van der Waals surface area (Å²) in [6.45, 7) is 1.49. The minimum absolute atomic E-state index is 0.215. The fourth-order valence-corrected chi connectivity index (χ4v) is 0.646. The number of rotatable bonds is 4. The molecule has 0 bridgehead atoms. The lowest BCUT2D eigenvalue weighted by Crippen LogP contribution is -2.37. The largest absolute Gasteiger partial charge is 0.481 e. The van der Waals surface area contributed by atoms with Crippen LogP contribution >= 0.6 is 0 Å². The van der Waals surface area contributed by atoms with Crippen molar-refractivity contribution in [1.82, 2.24) is 0 Å². The maximum Gasteiger partial charge on any atom is 0.320 e. The summed E-state index contributed by atoms with van der Waals surface area (Å²) in [6.07, 6.45) is -0.215. The molecule has 2 atom stereocenters. The first-order valence-corrected chi connectivity index (χ1v) is 3.15. The minimum atomic E-state index is -1.17. The van der Waals surface area contributed by atoms with Gasteiger partial charge in [-0.25, -0.2) is 0 Å². The standard InChI is InChI=1S/C6H11NO4/c1-3(2-4(8)9)5(7)6(10)11/h3,5H,2,7H2,1H3,(H,8,9)(H,10,11)/t3-,5+/m0/s1. The molecule has 0 spiro atoms. The van der Waals surface area contributed by atoms with Crippen molar-refractivity contribution >= 4 is 11.9 Å². The van der Waals surface area contributed by atoms with Crippen molar-refractivity contribution in [2.24, 2.45) is 11.7 Å². The van der Waals surface area contributed by atoms with Crippen molar-refractivity contribution in [2.45, 2.75) is 19.4 Å². The molecule has 0 fully saturated rings. The maximum atomic E-state index is 10.2. The van der Waals surface area contributed by atoms with Crippen molar-refractivity contribution in [3.8, 4) is 0 Å². The Bertz CT molecular complexity index is 168. The summed E-state index contributed by atoms with van der Waals surface area (Å²) in [7, 11) is 0. The summed E-state index contributed by atoms with van der Waals surface area (Å²) in [6, 6.07) is -1.09. The Kier molecular flexibility index (Phi) is 3.53. The number of aliphatic carboxylic acids is 2. The number of hydrogen-bond donors (Lipinski definition) is 3. The molecule has 5 heteroatoms. The van der Waals surface area contributed by atoms with Crippen LogP contribution in [-0.2, 0) is 9.59 Å². The SMILES string of the molecule is C[C@@H](CC(=O)O)[C@@H](N)C(=O)O. The number of carboxylic acids is 2. The monoisotopic (exact) mass is 161 g/mol. The summed E-state index contributed by atoms with van der Waals surface area (Å²) in [5.41, 5.74) is 5.15. The van der Waals surface area contributed by atoms with Gasteiger partial charge in [0.15, 0.2) is 0 Å². The van der Waals surface area contributed by atoms with Crippen LogP contribution in [0.15, 0.2) is 0 Å². The van der Waals surface area contributed by atoms with Crippen molar-refractivity contribution in [3.63, 3.8) is 0 Å². The van der Waals surface area contributed by atoms with Gasteiger partial charge in [-0.2, -0.15) is 0 Å². The average Bonchev–Trinajstić information content (AvgIpc) is 1.84. The first-order chi connectivity index (χ1) is 4.95. The van der Waals surface area contributed by atoms with Gasteiger partial charge in [-0.3, -0.25) is 9.59 Å². The molecule has 4 N–H and O–H groups in total. The van der Waals surface area contributed by atoms with Crippen molar-refractivity contribution in [3.05, 3.63) is 0 Å². The molecule has 0 heterocycles. The van der Waals surface area contributed by atoms with E-state index in [4.69, 9.17) is 15.9 Å². The molecule has 0 aromatic rings. The van der Waals surface area contributed by atoms with Crippen LogP contribution < -0.4 is 5.73 Å². The molecule has 0 rings (SSSR count). The van der Waals surface area contributed by atoms with Gasteiger partial charge < -0.3 is 15.9 Å². The molecule has 5 nitrogen and oxygen atoms in total. The van der Waals surface area contributed by atoms with E-state index in [0.717, 1.165) is 0 Å². The van der Waals surface area contributed by atoms with Crippen LogP contribution in [-0.4, -0.2) is 28.2 Å². The molecule has 11 heavy (non-hydrogen) atoms. The minimum Gasteiger partial charge on any atom is -0.481 e. The predicted octanol–water partition coefficient (Wildman–Crippen LogP) is -0.491. The van der Waals surface area contributed by atoms with E-state index in [-0.39, 0.29) is 6.42 Å². The summed E-state index contributed by atoms with van der Waals surface area (Å²) in [4.78, 5) is 20.3. The number of nitrogens with two attached hydrogens (primary N) is 1. The molecule has 0 saturated heterocycles. The zero-order valence-electron chi connectivity index (χ0n) is 6.15. The molecule has 0 amide bonds. The Hall–Kier alpha value is -1.10. The molecule has 0 aliphatic carbocycles. The zero-order valence-corrected chi connectivity index (χ0v) is 6.15. The second-order valence-corrected chi connectivity index (χ2v) is 2.44. The highest BCUT2D eigenvalue weighted by Gasteiger charge is 2.21. The lowest BCUT2D eigenvalue weighted by molar-refractivity contribution is -0.141. The molecular formula is C6H11NO4. The highest BCUT2D eigenvalue weighted by molar-refractivity contribution is 5.75. The van der Waals surface area contributed by atoms with Crippen molar-refractivity contribution in [1.29, 1.82) is 0 Å². The molecule has 64 valence electrons. The van der Waals surface area contributed by atoms with Crippen LogP contribution in [0, 0.1) is 5.92 Å². The van der Waals surface area contributed by atoms with Gasteiger partial charge in [0, 0.05) is 6.42 Å².